The van der Waals surface area contributed by atoms with Gasteiger partial charge in [-0.2, -0.15) is 11.8 Å². The summed E-state index contributed by atoms with van der Waals surface area (Å²) in [6.45, 7) is 4.74. The topological polar surface area (TPSA) is 12.0 Å². The first-order valence-corrected chi connectivity index (χ1v) is 6.30. The van der Waals surface area contributed by atoms with Gasteiger partial charge in [-0.1, -0.05) is 32.6 Å². The molecular formula is C10H22ClNS. The van der Waals surface area contributed by atoms with Crippen LogP contribution in [-0.2, 0) is 0 Å². The fourth-order valence-electron chi connectivity index (χ4n) is 1.60. The molecule has 1 aliphatic rings. The molecule has 1 fully saturated rings. The molecule has 0 amide bonds. The highest BCUT2D eigenvalue weighted by molar-refractivity contribution is 8.00. The van der Waals surface area contributed by atoms with Crippen LogP contribution in [-0.4, -0.2) is 24.1 Å². The van der Waals surface area contributed by atoms with Gasteiger partial charge in [0, 0.05) is 24.1 Å². The van der Waals surface area contributed by atoms with E-state index < -0.39 is 0 Å². The molecule has 0 aromatic rings. The molecule has 0 radical (unpaired) electrons. The molecule has 0 aromatic heterocycles. The summed E-state index contributed by atoms with van der Waals surface area (Å²) in [5, 5.41) is 4.37. The lowest BCUT2D eigenvalue weighted by Gasteiger charge is -2.22. The maximum atomic E-state index is 3.45. The zero-order chi connectivity index (χ0) is 8.65. The van der Waals surface area contributed by atoms with Gasteiger partial charge in [0.25, 0.3) is 0 Å². The molecule has 0 spiro atoms. The first-order chi connectivity index (χ1) is 5.93. The third-order valence-corrected chi connectivity index (χ3v) is 3.70. The SMILES string of the molecule is CCCCCCC1CNCCS1.Cl. The van der Waals surface area contributed by atoms with Crippen molar-refractivity contribution >= 4 is 24.2 Å². The Morgan fingerprint density at radius 3 is 2.77 bits per heavy atom. The Morgan fingerprint density at radius 2 is 2.15 bits per heavy atom. The average Bonchev–Trinajstić information content (AvgIpc) is 2.14. The number of rotatable bonds is 5. The van der Waals surface area contributed by atoms with Crippen LogP contribution in [0.5, 0.6) is 0 Å². The van der Waals surface area contributed by atoms with Crippen LogP contribution in [0.1, 0.15) is 39.0 Å². The molecule has 1 atom stereocenters. The summed E-state index contributed by atoms with van der Waals surface area (Å²) >= 11 is 2.16. The smallest absolute Gasteiger partial charge is 0.0172 e. The van der Waals surface area contributed by atoms with E-state index in [1.165, 1.54) is 50.9 Å². The standard InChI is InChI=1S/C10H21NS.ClH/c1-2-3-4-5-6-10-9-11-7-8-12-10;/h10-11H,2-9H2,1H3;1H. The van der Waals surface area contributed by atoms with E-state index in [-0.39, 0.29) is 12.4 Å². The highest BCUT2D eigenvalue weighted by Gasteiger charge is 2.11. The molecule has 0 bridgehead atoms. The van der Waals surface area contributed by atoms with Gasteiger partial charge in [-0.25, -0.2) is 0 Å². The number of nitrogens with one attached hydrogen (secondary N) is 1. The van der Waals surface area contributed by atoms with Gasteiger partial charge in [-0.3, -0.25) is 0 Å². The van der Waals surface area contributed by atoms with Crippen molar-refractivity contribution in [3.05, 3.63) is 0 Å². The van der Waals surface area contributed by atoms with Crippen molar-refractivity contribution in [1.29, 1.82) is 0 Å². The highest BCUT2D eigenvalue weighted by Crippen LogP contribution is 2.19. The first-order valence-electron chi connectivity index (χ1n) is 5.26. The highest BCUT2D eigenvalue weighted by atomic mass is 35.5. The van der Waals surface area contributed by atoms with Gasteiger partial charge < -0.3 is 5.32 Å². The summed E-state index contributed by atoms with van der Waals surface area (Å²) in [5.74, 6) is 1.32. The number of unbranched alkanes of at least 4 members (excludes halogenated alkanes) is 3. The van der Waals surface area contributed by atoms with E-state index in [2.05, 4.69) is 24.0 Å². The summed E-state index contributed by atoms with van der Waals surface area (Å²) in [4.78, 5) is 0. The van der Waals surface area contributed by atoms with Gasteiger partial charge in [0.2, 0.25) is 0 Å². The molecule has 1 nitrogen and oxygen atoms in total. The van der Waals surface area contributed by atoms with Crippen LogP contribution in [0, 0.1) is 0 Å². The van der Waals surface area contributed by atoms with Gasteiger partial charge >= 0.3 is 0 Å². The monoisotopic (exact) mass is 223 g/mol. The molecule has 1 aliphatic heterocycles. The molecule has 13 heavy (non-hydrogen) atoms. The van der Waals surface area contributed by atoms with Gasteiger partial charge in [-0.15, -0.1) is 12.4 Å². The molecule has 0 saturated carbocycles. The minimum atomic E-state index is 0. The molecule has 1 saturated heterocycles. The second-order valence-electron chi connectivity index (χ2n) is 3.55. The van der Waals surface area contributed by atoms with Crippen LogP contribution in [0.4, 0.5) is 0 Å². The van der Waals surface area contributed by atoms with Crippen molar-refractivity contribution in [3.63, 3.8) is 0 Å². The molecular weight excluding hydrogens is 202 g/mol. The second kappa shape index (κ2) is 9.17. The average molecular weight is 224 g/mol. The summed E-state index contributed by atoms with van der Waals surface area (Å²) in [6.07, 6.45) is 7.08. The fraction of sp³-hybridized carbons (Fsp3) is 1.00. The minimum Gasteiger partial charge on any atom is -0.315 e. The number of halogens is 1. The molecule has 0 aliphatic carbocycles. The third-order valence-electron chi connectivity index (χ3n) is 2.38. The van der Waals surface area contributed by atoms with Crippen molar-refractivity contribution in [2.45, 2.75) is 44.3 Å². The normalized spacial score (nSPS) is 22.4. The van der Waals surface area contributed by atoms with Crippen molar-refractivity contribution in [1.82, 2.24) is 5.32 Å². The molecule has 1 heterocycles. The lowest BCUT2D eigenvalue weighted by atomic mass is 10.1. The molecule has 1 N–H and O–H groups in total. The van der Waals surface area contributed by atoms with E-state index in [0.29, 0.717) is 0 Å². The Kier molecular flexibility index (Phi) is 9.59. The minimum absolute atomic E-state index is 0. The van der Waals surface area contributed by atoms with E-state index in [9.17, 15) is 0 Å². The number of hydrogen-bond donors (Lipinski definition) is 1. The predicted molar refractivity (Wildman–Crippen MR) is 65.1 cm³/mol. The number of thioether (sulfide) groups is 1. The Labute approximate surface area is 92.8 Å². The third kappa shape index (κ3) is 6.64. The molecule has 80 valence electrons. The van der Waals surface area contributed by atoms with Crippen LogP contribution in [0.2, 0.25) is 0 Å². The zero-order valence-corrected chi connectivity index (χ0v) is 10.2. The molecule has 1 unspecified atom stereocenters. The van der Waals surface area contributed by atoms with Crippen LogP contribution in [0.25, 0.3) is 0 Å². The van der Waals surface area contributed by atoms with Crippen molar-refractivity contribution in [2.75, 3.05) is 18.8 Å². The Balaban J connectivity index is 0.00000144. The van der Waals surface area contributed by atoms with Crippen molar-refractivity contribution < 1.29 is 0 Å². The molecule has 3 heteroatoms. The van der Waals surface area contributed by atoms with Gasteiger partial charge in [0.1, 0.15) is 0 Å². The lowest BCUT2D eigenvalue weighted by molar-refractivity contribution is 0.580. The Hall–Kier alpha value is 0.600. The van der Waals surface area contributed by atoms with Gasteiger partial charge in [0.15, 0.2) is 0 Å². The van der Waals surface area contributed by atoms with E-state index in [1.807, 2.05) is 0 Å². The quantitative estimate of drug-likeness (QED) is 0.719. The van der Waals surface area contributed by atoms with E-state index in [4.69, 9.17) is 0 Å². The largest absolute Gasteiger partial charge is 0.315 e. The lowest BCUT2D eigenvalue weighted by Crippen LogP contribution is -2.32. The zero-order valence-electron chi connectivity index (χ0n) is 8.55. The van der Waals surface area contributed by atoms with Crippen LogP contribution < -0.4 is 5.32 Å². The summed E-state index contributed by atoms with van der Waals surface area (Å²) < 4.78 is 0. The van der Waals surface area contributed by atoms with Gasteiger partial charge in [0.05, 0.1) is 0 Å². The first kappa shape index (κ1) is 13.6. The second-order valence-corrected chi connectivity index (χ2v) is 4.95. The van der Waals surface area contributed by atoms with Crippen molar-refractivity contribution in [2.24, 2.45) is 0 Å². The maximum absolute atomic E-state index is 3.45. The van der Waals surface area contributed by atoms with E-state index >= 15 is 0 Å². The van der Waals surface area contributed by atoms with Gasteiger partial charge in [-0.05, 0) is 6.42 Å². The van der Waals surface area contributed by atoms with Crippen LogP contribution in [0.15, 0.2) is 0 Å². The van der Waals surface area contributed by atoms with Crippen LogP contribution in [0.3, 0.4) is 0 Å². The number of hydrogen-bond acceptors (Lipinski definition) is 2. The fourth-order valence-corrected chi connectivity index (χ4v) is 2.77. The summed E-state index contributed by atoms with van der Waals surface area (Å²) in [7, 11) is 0. The predicted octanol–water partition coefficient (Wildman–Crippen LogP) is 3.08. The molecule has 1 rings (SSSR count). The summed E-state index contributed by atoms with van der Waals surface area (Å²) in [6, 6.07) is 0. The van der Waals surface area contributed by atoms with Crippen molar-refractivity contribution in [3.8, 4) is 0 Å². The van der Waals surface area contributed by atoms with Crippen LogP contribution >= 0.6 is 24.2 Å². The Morgan fingerprint density at radius 1 is 1.31 bits per heavy atom. The maximum Gasteiger partial charge on any atom is 0.0172 e. The van der Waals surface area contributed by atoms with E-state index in [1.54, 1.807) is 0 Å². The van der Waals surface area contributed by atoms with E-state index in [0.717, 1.165) is 5.25 Å². The summed E-state index contributed by atoms with van der Waals surface area (Å²) in [5.41, 5.74) is 0. The molecule has 0 aromatic carbocycles. The Bertz CT molecular complexity index is 105.